The number of nitrogens with zero attached hydrogens (tertiary/aromatic N) is 3. The Balaban J connectivity index is 1.76. The zero-order valence-electron chi connectivity index (χ0n) is 15.2. The average Bonchev–Trinajstić information content (AvgIpc) is 3.09. The Morgan fingerprint density at radius 3 is 2.74 bits per heavy atom. The Labute approximate surface area is 161 Å². The molecule has 3 aromatic rings. The van der Waals surface area contributed by atoms with Crippen LogP contribution in [0, 0.1) is 12.7 Å². The van der Waals surface area contributed by atoms with Gasteiger partial charge in [-0.15, -0.1) is 11.8 Å². The van der Waals surface area contributed by atoms with Gasteiger partial charge in [-0.2, -0.15) is 4.98 Å². The van der Waals surface area contributed by atoms with E-state index in [9.17, 15) is 9.18 Å². The Bertz CT molecular complexity index is 929. The molecule has 7 heteroatoms. The zero-order valence-corrected chi connectivity index (χ0v) is 16.0. The smallest absolute Gasteiger partial charge is 0.255 e. The first kappa shape index (κ1) is 19.1. The molecule has 1 heterocycles. The molecule has 3 rings (SSSR count). The molecule has 0 aliphatic rings. The number of hydrogen-bond donors (Lipinski definition) is 0. The van der Waals surface area contributed by atoms with Crippen LogP contribution in [0.15, 0.2) is 57.9 Å². The molecule has 0 saturated heterocycles. The quantitative estimate of drug-likeness (QED) is 0.562. The normalized spacial score (nSPS) is 10.8. The molecule has 27 heavy (non-hydrogen) atoms. The number of thioether (sulfide) groups is 1. The van der Waals surface area contributed by atoms with Crippen LogP contribution < -0.4 is 0 Å². The van der Waals surface area contributed by atoms with Crippen molar-refractivity contribution in [2.75, 3.05) is 6.54 Å². The number of carbonyl (C=O) groups is 1. The van der Waals surface area contributed by atoms with Crippen LogP contribution in [0.4, 0.5) is 4.39 Å². The molecule has 0 aliphatic heterocycles. The minimum atomic E-state index is -0.304. The topological polar surface area (TPSA) is 59.2 Å². The largest absolute Gasteiger partial charge is 0.338 e. The SMILES string of the molecule is CCN(Cc1cccc(F)c1)C(=O)c1ccccc1SCc1nc(C)no1. The molecule has 0 spiro atoms. The van der Waals surface area contributed by atoms with Crippen LogP contribution in [-0.2, 0) is 12.3 Å². The third-order valence-electron chi connectivity index (χ3n) is 3.97. The van der Waals surface area contributed by atoms with E-state index in [0.29, 0.717) is 36.1 Å². The second-order valence-electron chi connectivity index (χ2n) is 5.97. The van der Waals surface area contributed by atoms with Crippen LogP contribution >= 0.6 is 11.8 Å². The highest BCUT2D eigenvalue weighted by molar-refractivity contribution is 7.98. The van der Waals surface area contributed by atoms with Gasteiger partial charge in [0.2, 0.25) is 5.89 Å². The van der Waals surface area contributed by atoms with Gasteiger partial charge in [-0.25, -0.2) is 4.39 Å². The van der Waals surface area contributed by atoms with Crippen LogP contribution in [0.25, 0.3) is 0 Å². The third kappa shape index (κ3) is 4.95. The van der Waals surface area contributed by atoms with Gasteiger partial charge in [-0.1, -0.05) is 29.4 Å². The Morgan fingerprint density at radius 2 is 2.04 bits per heavy atom. The fourth-order valence-electron chi connectivity index (χ4n) is 2.66. The van der Waals surface area contributed by atoms with Gasteiger partial charge in [0, 0.05) is 18.0 Å². The molecule has 0 fully saturated rings. The molecule has 0 unspecified atom stereocenters. The van der Waals surface area contributed by atoms with E-state index in [1.54, 1.807) is 24.0 Å². The van der Waals surface area contributed by atoms with Crippen molar-refractivity contribution in [1.82, 2.24) is 15.0 Å². The van der Waals surface area contributed by atoms with Crippen molar-refractivity contribution in [2.24, 2.45) is 0 Å². The summed E-state index contributed by atoms with van der Waals surface area (Å²) in [6, 6.07) is 13.7. The zero-order chi connectivity index (χ0) is 19.2. The molecular weight excluding hydrogens is 365 g/mol. The van der Waals surface area contributed by atoms with E-state index in [0.717, 1.165) is 10.5 Å². The van der Waals surface area contributed by atoms with E-state index in [2.05, 4.69) is 10.1 Å². The number of carbonyl (C=O) groups excluding carboxylic acids is 1. The highest BCUT2D eigenvalue weighted by Gasteiger charge is 2.19. The molecule has 0 radical (unpaired) electrons. The van der Waals surface area contributed by atoms with E-state index in [4.69, 9.17) is 4.52 Å². The molecule has 140 valence electrons. The highest BCUT2D eigenvalue weighted by atomic mass is 32.2. The molecule has 0 aliphatic carbocycles. The molecule has 0 saturated carbocycles. The van der Waals surface area contributed by atoms with E-state index in [1.807, 2.05) is 31.2 Å². The first-order chi connectivity index (χ1) is 13.1. The molecule has 2 aromatic carbocycles. The average molecular weight is 385 g/mol. The number of aryl methyl sites for hydroxylation is 1. The standard InChI is InChI=1S/C20H20FN3O2S/c1-3-24(12-15-7-6-8-16(21)11-15)20(25)17-9-4-5-10-18(17)27-13-19-22-14(2)23-26-19/h4-11H,3,12-13H2,1-2H3. The van der Waals surface area contributed by atoms with E-state index in [1.165, 1.54) is 23.9 Å². The van der Waals surface area contributed by atoms with Crippen LogP contribution in [-0.4, -0.2) is 27.5 Å². The van der Waals surface area contributed by atoms with E-state index < -0.39 is 0 Å². The number of aromatic nitrogens is 2. The van der Waals surface area contributed by atoms with E-state index in [-0.39, 0.29) is 11.7 Å². The van der Waals surface area contributed by atoms with Crippen molar-refractivity contribution in [3.05, 3.63) is 77.2 Å². The van der Waals surface area contributed by atoms with Crippen LogP contribution in [0.2, 0.25) is 0 Å². The van der Waals surface area contributed by atoms with Crippen molar-refractivity contribution < 1.29 is 13.7 Å². The maximum Gasteiger partial charge on any atom is 0.255 e. The second kappa shape index (κ2) is 8.81. The number of benzene rings is 2. The highest BCUT2D eigenvalue weighted by Crippen LogP contribution is 2.27. The minimum Gasteiger partial charge on any atom is -0.338 e. The third-order valence-corrected chi connectivity index (χ3v) is 5.03. The van der Waals surface area contributed by atoms with Crippen molar-refractivity contribution in [1.29, 1.82) is 0 Å². The molecule has 5 nitrogen and oxygen atoms in total. The maximum absolute atomic E-state index is 13.4. The monoisotopic (exact) mass is 385 g/mol. The summed E-state index contributed by atoms with van der Waals surface area (Å²) in [4.78, 5) is 19.8. The van der Waals surface area contributed by atoms with Gasteiger partial charge < -0.3 is 9.42 Å². The lowest BCUT2D eigenvalue weighted by atomic mass is 10.1. The maximum atomic E-state index is 13.4. The summed E-state index contributed by atoms with van der Waals surface area (Å²) < 4.78 is 18.6. The Morgan fingerprint density at radius 1 is 1.22 bits per heavy atom. The van der Waals surface area contributed by atoms with Crippen molar-refractivity contribution in [3.8, 4) is 0 Å². The lowest BCUT2D eigenvalue weighted by Crippen LogP contribution is -2.30. The summed E-state index contributed by atoms with van der Waals surface area (Å²) in [5, 5.41) is 3.78. The first-order valence-corrected chi connectivity index (χ1v) is 9.60. The molecule has 1 amide bonds. The van der Waals surface area contributed by atoms with Crippen LogP contribution in [0.5, 0.6) is 0 Å². The van der Waals surface area contributed by atoms with Gasteiger partial charge in [0.05, 0.1) is 11.3 Å². The summed E-state index contributed by atoms with van der Waals surface area (Å²) in [7, 11) is 0. The number of amides is 1. The van der Waals surface area contributed by atoms with E-state index >= 15 is 0 Å². The minimum absolute atomic E-state index is 0.0911. The first-order valence-electron chi connectivity index (χ1n) is 8.61. The van der Waals surface area contributed by atoms with Crippen molar-refractivity contribution in [3.63, 3.8) is 0 Å². The number of rotatable bonds is 7. The van der Waals surface area contributed by atoms with Gasteiger partial charge in [0.1, 0.15) is 5.82 Å². The van der Waals surface area contributed by atoms with Gasteiger partial charge in [0.25, 0.3) is 5.91 Å². The lowest BCUT2D eigenvalue weighted by molar-refractivity contribution is 0.0749. The summed E-state index contributed by atoms with van der Waals surface area (Å²) in [5.41, 5.74) is 1.37. The molecule has 0 N–H and O–H groups in total. The summed E-state index contributed by atoms with van der Waals surface area (Å²) >= 11 is 1.47. The van der Waals surface area contributed by atoms with Gasteiger partial charge >= 0.3 is 0 Å². The number of hydrogen-bond acceptors (Lipinski definition) is 5. The van der Waals surface area contributed by atoms with Gasteiger partial charge in [-0.3, -0.25) is 4.79 Å². The summed E-state index contributed by atoms with van der Waals surface area (Å²) in [6.07, 6.45) is 0. The lowest BCUT2D eigenvalue weighted by Gasteiger charge is -2.22. The fourth-order valence-corrected chi connectivity index (χ4v) is 3.54. The fraction of sp³-hybridized carbons (Fsp3) is 0.250. The predicted octanol–water partition coefficient (Wildman–Crippen LogP) is 4.47. The summed E-state index contributed by atoms with van der Waals surface area (Å²) in [6.45, 7) is 4.56. The summed E-state index contributed by atoms with van der Waals surface area (Å²) in [5.74, 6) is 1.20. The second-order valence-corrected chi connectivity index (χ2v) is 6.99. The van der Waals surface area contributed by atoms with Crippen LogP contribution in [0.1, 0.15) is 34.6 Å². The van der Waals surface area contributed by atoms with Crippen LogP contribution in [0.3, 0.4) is 0 Å². The molecule has 0 bridgehead atoms. The van der Waals surface area contributed by atoms with Gasteiger partial charge in [-0.05, 0) is 43.7 Å². The predicted molar refractivity (Wildman–Crippen MR) is 102 cm³/mol. The Hall–Kier alpha value is -2.67. The van der Waals surface area contributed by atoms with Gasteiger partial charge in [0.15, 0.2) is 5.82 Å². The molecule has 1 aromatic heterocycles. The molecule has 0 atom stereocenters. The Kier molecular flexibility index (Phi) is 6.24. The molecular formula is C20H20FN3O2S. The van der Waals surface area contributed by atoms with Crippen molar-refractivity contribution in [2.45, 2.75) is 31.0 Å². The number of halogens is 1. The van der Waals surface area contributed by atoms with Crippen molar-refractivity contribution >= 4 is 17.7 Å².